The van der Waals surface area contributed by atoms with Gasteiger partial charge in [-0.05, 0) is 31.0 Å². The zero-order chi connectivity index (χ0) is 17.4. The van der Waals surface area contributed by atoms with Gasteiger partial charge in [0.2, 0.25) is 5.91 Å². The summed E-state index contributed by atoms with van der Waals surface area (Å²) < 4.78 is 1.42. The molecule has 1 aliphatic carbocycles. The molecule has 4 rings (SSSR count). The van der Waals surface area contributed by atoms with Gasteiger partial charge in [0.25, 0.3) is 5.56 Å². The van der Waals surface area contributed by atoms with E-state index in [0.717, 1.165) is 44.7 Å². The second-order valence-corrected chi connectivity index (χ2v) is 6.75. The van der Waals surface area contributed by atoms with E-state index in [0.29, 0.717) is 16.8 Å². The lowest BCUT2D eigenvalue weighted by molar-refractivity contribution is -0.132. The number of aromatic nitrogens is 2. The quantitative estimate of drug-likeness (QED) is 0.873. The van der Waals surface area contributed by atoms with E-state index in [-0.39, 0.29) is 24.6 Å². The molecule has 1 amide bonds. The third-order valence-electron chi connectivity index (χ3n) is 5.03. The minimum atomic E-state index is -0.134. The number of carbonyl (C=O) groups is 1. The smallest absolute Gasteiger partial charge is 0.261 e. The Morgan fingerprint density at radius 3 is 2.64 bits per heavy atom. The van der Waals surface area contributed by atoms with Crippen molar-refractivity contribution in [2.45, 2.75) is 19.4 Å². The summed E-state index contributed by atoms with van der Waals surface area (Å²) in [4.78, 5) is 33.0. The number of hydrogen-bond acceptors (Lipinski definition) is 5. The summed E-state index contributed by atoms with van der Waals surface area (Å²) in [5, 5.41) is 9.56. The maximum Gasteiger partial charge on any atom is 0.261 e. The first kappa shape index (κ1) is 16.1. The first-order valence-corrected chi connectivity index (χ1v) is 8.81. The highest BCUT2D eigenvalue weighted by atomic mass is 16.3. The van der Waals surface area contributed by atoms with E-state index in [1.165, 1.54) is 10.9 Å². The van der Waals surface area contributed by atoms with Gasteiger partial charge in [-0.25, -0.2) is 4.98 Å². The molecule has 0 atom stereocenters. The Bertz CT molecular complexity index is 851. The molecule has 0 radical (unpaired) electrons. The minimum Gasteiger partial charge on any atom is -0.395 e. The highest BCUT2D eigenvalue weighted by Gasteiger charge is 2.34. The molecule has 1 aromatic carbocycles. The Morgan fingerprint density at radius 1 is 1.20 bits per heavy atom. The SMILES string of the molecule is O=C(C1CC1)N1CCN(c2ccc3c(=O)n(CCO)cnc3c2)CC1. The van der Waals surface area contributed by atoms with Gasteiger partial charge < -0.3 is 14.9 Å². The number of carbonyl (C=O) groups excluding carboxylic acids is 1. The second-order valence-electron chi connectivity index (χ2n) is 6.75. The number of aliphatic hydroxyl groups is 1. The number of hydrogen-bond donors (Lipinski definition) is 1. The van der Waals surface area contributed by atoms with Crippen molar-refractivity contribution >= 4 is 22.5 Å². The maximum absolute atomic E-state index is 12.3. The fraction of sp³-hybridized carbons (Fsp3) is 0.500. The normalized spacial score (nSPS) is 18.0. The van der Waals surface area contributed by atoms with Crippen molar-refractivity contribution in [3.63, 3.8) is 0 Å². The summed E-state index contributed by atoms with van der Waals surface area (Å²) in [6.07, 6.45) is 3.57. The number of rotatable bonds is 4. The van der Waals surface area contributed by atoms with Crippen LogP contribution in [0, 0.1) is 5.92 Å². The zero-order valence-electron chi connectivity index (χ0n) is 14.1. The van der Waals surface area contributed by atoms with E-state index in [1.807, 2.05) is 17.0 Å². The van der Waals surface area contributed by atoms with Gasteiger partial charge in [0.05, 0.1) is 30.4 Å². The lowest BCUT2D eigenvalue weighted by Crippen LogP contribution is -2.49. The molecular weight excluding hydrogens is 320 g/mol. The molecule has 1 saturated carbocycles. The molecule has 7 heteroatoms. The molecule has 132 valence electrons. The van der Waals surface area contributed by atoms with Crippen LogP contribution >= 0.6 is 0 Å². The third-order valence-corrected chi connectivity index (χ3v) is 5.03. The van der Waals surface area contributed by atoms with Gasteiger partial charge in [0.1, 0.15) is 0 Å². The summed E-state index contributed by atoms with van der Waals surface area (Å²) in [5.41, 5.74) is 1.55. The standard InChI is InChI=1S/C18H22N4O3/c23-10-9-22-12-19-16-11-14(3-4-15(16)18(22)25)20-5-7-21(8-6-20)17(24)13-1-2-13/h3-4,11-13,23H,1-2,5-10H2. The fourth-order valence-corrected chi connectivity index (χ4v) is 3.38. The molecule has 1 aliphatic heterocycles. The molecule has 7 nitrogen and oxygen atoms in total. The number of nitrogens with zero attached hydrogens (tertiary/aromatic N) is 4. The average molecular weight is 342 g/mol. The van der Waals surface area contributed by atoms with Crippen LogP contribution in [0.25, 0.3) is 10.9 Å². The van der Waals surface area contributed by atoms with E-state index >= 15 is 0 Å². The Hall–Kier alpha value is -2.41. The molecule has 0 bridgehead atoms. The topological polar surface area (TPSA) is 78.7 Å². The van der Waals surface area contributed by atoms with E-state index in [9.17, 15) is 9.59 Å². The van der Waals surface area contributed by atoms with Gasteiger partial charge in [-0.15, -0.1) is 0 Å². The monoisotopic (exact) mass is 342 g/mol. The number of aliphatic hydroxyl groups excluding tert-OH is 1. The molecule has 1 N–H and O–H groups in total. The van der Waals surface area contributed by atoms with Gasteiger partial charge in [-0.3, -0.25) is 14.2 Å². The van der Waals surface area contributed by atoms with Gasteiger partial charge in [0.15, 0.2) is 0 Å². The number of amides is 1. The number of piperazine rings is 1. The van der Waals surface area contributed by atoms with E-state index < -0.39 is 0 Å². The summed E-state index contributed by atoms with van der Waals surface area (Å²) in [5.74, 6) is 0.585. The summed E-state index contributed by atoms with van der Waals surface area (Å²) in [6, 6.07) is 5.67. The second kappa shape index (κ2) is 6.48. The molecule has 1 saturated heterocycles. The van der Waals surface area contributed by atoms with Crippen LogP contribution in [0.1, 0.15) is 12.8 Å². The molecule has 0 spiro atoms. The largest absolute Gasteiger partial charge is 0.395 e. The van der Waals surface area contributed by atoms with E-state index in [4.69, 9.17) is 5.11 Å². The van der Waals surface area contributed by atoms with Crippen LogP contribution in [0.5, 0.6) is 0 Å². The van der Waals surface area contributed by atoms with Crippen LogP contribution in [-0.4, -0.2) is 58.3 Å². The molecule has 2 heterocycles. The van der Waals surface area contributed by atoms with Crippen LogP contribution in [0.4, 0.5) is 5.69 Å². The Balaban J connectivity index is 1.51. The van der Waals surface area contributed by atoms with Crippen molar-refractivity contribution in [3.8, 4) is 0 Å². The maximum atomic E-state index is 12.3. The van der Waals surface area contributed by atoms with Crippen molar-refractivity contribution < 1.29 is 9.90 Å². The number of benzene rings is 1. The molecule has 25 heavy (non-hydrogen) atoms. The van der Waals surface area contributed by atoms with Crippen LogP contribution < -0.4 is 10.5 Å². The Kier molecular flexibility index (Phi) is 4.17. The first-order chi connectivity index (χ1) is 12.2. The van der Waals surface area contributed by atoms with Crippen molar-refractivity contribution in [1.82, 2.24) is 14.5 Å². The molecule has 2 aromatic rings. The van der Waals surface area contributed by atoms with Crippen molar-refractivity contribution in [2.75, 3.05) is 37.7 Å². The van der Waals surface area contributed by atoms with Gasteiger partial charge in [0, 0.05) is 37.8 Å². The van der Waals surface area contributed by atoms with Gasteiger partial charge in [-0.2, -0.15) is 0 Å². The predicted octanol–water partition coefficient (Wildman–Crippen LogP) is 0.447. The third kappa shape index (κ3) is 3.11. The van der Waals surface area contributed by atoms with Crippen molar-refractivity contribution in [3.05, 3.63) is 34.9 Å². The van der Waals surface area contributed by atoms with Gasteiger partial charge in [-0.1, -0.05) is 0 Å². The molecule has 2 aliphatic rings. The number of fused-ring (bicyclic) bond motifs is 1. The Morgan fingerprint density at radius 2 is 1.96 bits per heavy atom. The summed E-state index contributed by atoms with van der Waals surface area (Å²) in [6.45, 7) is 3.25. The average Bonchev–Trinajstić information content (AvgIpc) is 3.49. The summed E-state index contributed by atoms with van der Waals surface area (Å²) >= 11 is 0. The van der Waals surface area contributed by atoms with E-state index in [1.54, 1.807) is 6.07 Å². The zero-order valence-corrected chi connectivity index (χ0v) is 14.1. The fourth-order valence-electron chi connectivity index (χ4n) is 3.38. The van der Waals surface area contributed by atoms with Crippen molar-refractivity contribution in [1.29, 1.82) is 0 Å². The minimum absolute atomic E-state index is 0.0883. The molecular formula is C18H22N4O3. The summed E-state index contributed by atoms with van der Waals surface area (Å²) in [7, 11) is 0. The van der Waals surface area contributed by atoms with E-state index in [2.05, 4.69) is 9.88 Å². The lowest BCUT2D eigenvalue weighted by atomic mass is 10.2. The highest BCUT2D eigenvalue weighted by Crippen LogP contribution is 2.31. The Labute approximate surface area is 145 Å². The predicted molar refractivity (Wildman–Crippen MR) is 94.6 cm³/mol. The highest BCUT2D eigenvalue weighted by molar-refractivity contribution is 5.82. The molecule has 1 aromatic heterocycles. The van der Waals surface area contributed by atoms with Crippen LogP contribution in [0.3, 0.4) is 0 Å². The van der Waals surface area contributed by atoms with Crippen molar-refractivity contribution in [2.24, 2.45) is 5.92 Å². The van der Waals surface area contributed by atoms with Crippen LogP contribution in [-0.2, 0) is 11.3 Å². The molecule has 0 unspecified atom stereocenters. The van der Waals surface area contributed by atoms with Gasteiger partial charge >= 0.3 is 0 Å². The lowest BCUT2D eigenvalue weighted by Gasteiger charge is -2.36. The number of anilines is 1. The first-order valence-electron chi connectivity index (χ1n) is 8.81. The molecule has 2 fully saturated rings. The van der Waals surface area contributed by atoms with Crippen LogP contribution in [0.2, 0.25) is 0 Å². The van der Waals surface area contributed by atoms with Crippen LogP contribution in [0.15, 0.2) is 29.3 Å².